The first-order valence-corrected chi connectivity index (χ1v) is 9.80. The fourth-order valence-electron chi connectivity index (χ4n) is 3.47. The highest BCUT2D eigenvalue weighted by Gasteiger charge is 2.31. The van der Waals surface area contributed by atoms with Crippen molar-refractivity contribution in [2.24, 2.45) is 5.92 Å². The lowest BCUT2D eigenvalue weighted by Gasteiger charge is -2.31. The molecule has 0 radical (unpaired) electrons. The molecule has 0 aromatic heterocycles. The molecule has 4 heteroatoms. The number of benzene rings is 1. The predicted molar refractivity (Wildman–Crippen MR) is 107 cm³/mol. The molecule has 1 N–H and O–H groups in total. The third-order valence-corrected chi connectivity index (χ3v) is 8.24. The van der Waals surface area contributed by atoms with E-state index in [2.05, 4.69) is 69.5 Å². The van der Waals surface area contributed by atoms with E-state index in [1.165, 1.54) is 27.5 Å². The highest BCUT2D eigenvalue weighted by atomic mass is 127. The number of rotatable bonds is 3. The van der Waals surface area contributed by atoms with Crippen molar-refractivity contribution in [3.05, 3.63) is 51.1 Å². The number of aryl methyl sites for hydroxylation is 1. The van der Waals surface area contributed by atoms with Crippen molar-refractivity contribution in [2.75, 3.05) is 7.11 Å². The van der Waals surface area contributed by atoms with Crippen molar-refractivity contribution in [3.8, 4) is 5.75 Å². The summed E-state index contributed by atoms with van der Waals surface area (Å²) in [7, 11) is 1.76. The Balaban J connectivity index is 1.78. The maximum Gasteiger partial charge on any atom is 0.167 e. The molecule has 0 bridgehead atoms. The first-order valence-electron chi connectivity index (χ1n) is 7.65. The van der Waals surface area contributed by atoms with Crippen LogP contribution in [0, 0.1) is 5.92 Å². The molecule has 3 atom stereocenters. The smallest absolute Gasteiger partial charge is 0.167 e. The van der Waals surface area contributed by atoms with Gasteiger partial charge < -0.3 is 9.84 Å². The highest BCUT2D eigenvalue weighted by Crippen LogP contribution is 2.43. The molecule has 1 aromatic carbocycles. The van der Waals surface area contributed by atoms with Crippen LogP contribution in [0.4, 0.5) is 0 Å². The van der Waals surface area contributed by atoms with E-state index in [4.69, 9.17) is 4.74 Å². The zero-order chi connectivity index (χ0) is 15.7. The number of phenols is 1. The Morgan fingerprint density at radius 3 is 2.95 bits per heavy atom. The predicted octanol–water partition coefficient (Wildman–Crippen LogP) is 5.48. The average molecular weight is 522 g/mol. The van der Waals surface area contributed by atoms with Gasteiger partial charge in [0.15, 0.2) is 3.61 Å². The summed E-state index contributed by atoms with van der Waals surface area (Å²) in [6.07, 6.45) is 11.5. The first-order chi connectivity index (χ1) is 10.5. The van der Waals surface area contributed by atoms with Crippen LogP contribution in [0.3, 0.4) is 0 Å². The van der Waals surface area contributed by atoms with Crippen LogP contribution in [0.25, 0.3) is 0 Å². The lowest BCUT2D eigenvalue weighted by molar-refractivity contribution is 0.160. The van der Waals surface area contributed by atoms with Crippen LogP contribution in [0.1, 0.15) is 36.3 Å². The van der Waals surface area contributed by atoms with Gasteiger partial charge >= 0.3 is 0 Å². The number of hydrogen-bond acceptors (Lipinski definition) is 2. The number of halogens is 2. The summed E-state index contributed by atoms with van der Waals surface area (Å²) in [6.45, 7) is 0. The fourth-order valence-corrected chi connectivity index (χ4v) is 4.72. The number of allylic oxidation sites excluding steroid dienone is 2. The molecule has 0 saturated heterocycles. The van der Waals surface area contributed by atoms with Crippen molar-refractivity contribution in [1.29, 1.82) is 0 Å². The van der Waals surface area contributed by atoms with Crippen molar-refractivity contribution < 1.29 is 9.84 Å². The number of ether oxygens (including phenoxy) is 1. The maximum atomic E-state index is 9.68. The molecule has 0 aliphatic heterocycles. The minimum Gasteiger partial charge on any atom is -0.508 e. The number of hydrogen-bond donors (Lipinski definition) is 1. The fraction of sp³-hybridized carbons (Fsp3) is 0.444. The Bertz CT molecular complexity index is 624. The molecule has 0 saturated carbocycles. The molecule has 2 aliphatic rings. The number of aromatic hydroxyl groups is 1. The van der Waals surface area contributed by atoms with E-state index < -0.39 is 0 Å². The molecule has 1 aromatic rings. The molecule has 3 rings (SSSR count). The third-order valence-electron chi connectivity index (χ3n) is 4.66. The molecule has 118 valence electrons. The van der Waals surface area contributed by atoms with E-state index in [1.54, 1.807) is 7.11 Å². The maximum absolute atomic E-state index is 9.68. The second-order valence-corrected chi connectivity index (χ2v) is 8.86. The molecular formula is C18H20I2O2. The summed E-state index contributed by atoms with van der Waals surface area (Å²) in [5.41, 5.74) is 2.76. The van der Waals surface area contributed by atoms with E-state index in [9.17, 15) is 5.11 Å². The second-order valence-electron chi connectivity index (χ2n) is 6.09. The van der Waals surface area contributed by atoms with Crippen molar-refractivity contribution >= 4 is 45.2 Å². The van der Waals surface area contributed by atoms with E-state index in [0.29, 0.717) is 17.6 Å². The van der Waals surface area contributed by atoms with Gasteiger partial charge in [-0.3, -0.25) is 0 Å². The van der Waals surface area contributed by atoms with Gasteiger partial charge in [-0.2, -0.15) is 0 Å². The Kier molecular flexibility index (Phi) is 5.19. The standard InChI is InChI=1S/C18H20I2O2/c1-22-18(20)8-7-12(10-17(18)19)9-13-3-2-4-14-11-15(21)5-6-16(13)14/h5-8,10-13,21H,2-4,9H2,1H3. The molecule has 3 unspecified atom stereocenters. The van der Waals surface area contributed by atoms with E-state index >= 15 is 0 Å². The number of fused-ring (bicyclic) bond motifs is 1. The zero-order valence-electron chi connectivity index (χ0n) is 12.6. The summed E-state index contributed by atoms with van der Waals surface area (Å²) in [5.74, 6) is 1.44. The Morgan fingerprint density at radius 2 is 2.23 bits per heavy atom. The normalized spacial score (nSPS) is 30.8. The highest BCUT2D eigenvalue weighted by molar-refractivity contribution is 14.1. The van der Waals surface area contributed by atoms with Crippen LogP contribution in [-0.2, 0) is 11.2 Å². The minimum atomic E-state index is -0.287. The van der Waals surface area contributed by atoms with Crippen LogP contribution in [0.15, 0.2) is 40.0 Å². The molecule has 0 spiro atoms. The Hall–Kier alpha value is -0.0800. The summed E-state index contributed by atoms with van der Waals surface area (Å²) >= 11 is 4.75. The Labute approximate surface area is 159 Å². The van der Waals surface area contributed by atoms with Crippen LogP contribution in [0.5, 0.6) is 5.75 Å². The van der Waals surface area contributed by atoms with Gasteiger partial charge in [-0.1, -0.05) is 18.2 Å². The summed E-state index contributed by atoms with van der Waals surface area (Å²) in [5, 5.41) is 9.68. The molecule has 0 fully saturated rings. The molecule has 2 nitrogen and oxygen atoms in total. The van der Waals surface area contributed by atoms with Gasteiger partial charge in [-0.05, 0) is 112 Å². The Morgan fingerprint density at radius 1 is 1.41 bits per heavy atom. The molecule has 0 heterocycles. The van der Waals surface area contributed by atoms with Crippen LogP contribution in [0.2, 0.25) is 0 Å². The topological polar surface area (TPSA) is 29.5 Å². The van der Waals surface area contributed by atoms with Crippen LogP contribution in [-0.4, -0.2) is 15.8 Å². The zero-order valence-corrected chi connectivity index (χ0v) is 16.9. The second kappa shape index (κ2) is 6.81. The largest absolute Gasteiger partial charge is 0.508 e. The van der Waals surface area contributed by atoms with Crippen molar-refractivity contribution in [1.82, 2.24) is 0 Å². The van der Waals surface area contributed by atoms with E-state index in [0.717, 1.165) is 12.8 Å². The number of phenolic OH excluding ortho intramolecular Hbond substituents is 1. The molecular weight excluding hydrogens is 502 g/mol. The monoisotopic (exact) mass is 522 g/mol. The summed E-state index contributed by atoms with van der Waals surface area (Å²) < 4.78 is 6.56. The van der Waals surface area contributed by atoms with Gasteiger partial charge in [0.2, 0.25) is 0 Å². The quantitative estimate of drug-likeness (QED) is 0.324. The van der Waals surface area contributed by atoms with Gasteiger partial charge in [0.1, 0.15) is 5.75 Å². The van der Waals surface area contributed by atoms with E-state index in [1.807, 2.05) is 12.1 Å². The lowest BCUT2D eigenvalue weighted by atomic mass is 9.77. The summed E-state index contributed by atoms with van der Waals surface area (Å²) in [6, 6.07) is 5.89. The van der Waals surface area contributed by atoms with Gasteiger partial charge in [0.25, 0.3) is 0 Å². The minimum absolute atomic E-state index is 0.287. The van der Waals surface area contributed by atoms with Gasteiger partial charge in [0.05, 0.1) is 0 Å². The summed E-state index contributed by atoms with van der Waals surface area (Å²) in [4.78, 5) is 0. The molecule has 2 aliphatic carbocycles. The van der Waals surface area contributed by atoms with Crippen molar-refractivity contribution in [2.45, 2.75) is 35.2 Å². The van der Waals surface area contributed by atoms with Gasteiger partial charge in [0, 0.05) is 10.7 Å². The van der Waals surface area contributed by atoms with Crippen molar-refractivity contribution in [3.63, 3.8) is 0 Å². The molecule has 22 heavy (non-hydrogen) atoms. The average Bonchev–Trinajstić information content (AvgIpc) is 2.51. The SMILES string of the molecule is COC1(I)C=CC(CC2CCCc3cc(O)ccc32)C=C1I. The van der Waals surface area contributed by atoms with Crippen LogP contribution >= 0.6 is 45.2 Å². The van der Waals surface area contributed by atoms with Gasteiger partial charge in [-0.25, -0.2) is 0 Å². The van der Waals surface area contributed by atoms with Crippen LogP contribution < -0.4 is 0 Å². The van der Waals surface area contributed by atoms with Gasteiger partial charge in [-0.15, -0.1) is 0 Å². The third kappa shape index (κ3) is 3.38. The first kappa shape index (κ1) is 16.8. The van der Waals surface area contributed by atoms with E-state index in [-0.39, 0.29) is 3.61 Å². The number of methoxy groups -OCH3 is 1. The lowest BCUT2D eigenvalue weighted by Crippen LogP contribution is -2.24. The molecule has 0 amide bonds. The number of alkyl halides is 1.